The number of ether oxygens (including phenoxy) is 2. The second kappa shape index (κ2) is 6.02. The van der Waals surface area contributed by atoms with Crippen LogP contribution in [-0.2, 0) is 13.6 Å². The number of anilines is 1. The first-order valence-corrected chi connectivity index (χ1v) is 6.18. The fourth-order valence-electron chi connectivity index (χ4n) is 1.95. The van der Waals surface area contributed by atoms with Gasteiger partial charge in [-0.3, -0.25) is 0 Å². The maximum absolute atomic E-state index is 8.93. The Morgan fingerprint density at radius 1 is 1.15 bits per heavy atom. The zero-order valence-corrected chi connectivity index (χ0v) is 11.8. The number of rotatable bonds is 5. The number of benzene rings is 1. The SMILES string of the molecule is COc1cc(NCc2cc(C#N)n(C)c2)cc(OC)c1. The first-order chi connectivity index (χ1) is 9.66. The van der Waals surface area contributed by atoms with E-state index in [1.54, 1.807) is 14.2 Å². The molecule has 2 rings (SSSR count). The molecule has 0 saturated heterocycles. The molecule has 1 N–H and O–H groups in total. The summed E-state index contributed by atoms with van der Waals surface area (Å²) < 4.78 is 12.3. The third-order valence-corrected chi connectivity index (χ3v) is 3.02. The summed E-state index contributed by atoms with van der Waals surface area (Å²) in [5, 5.41) is 12.2. The zero-order chi connectivity index (χ0) is 14.5. The Kier molecular flexibility index (Phi) is 4.16. The molecule has 0 aliphatic heterocycles. The monoisotopic (exact) mass is 271 g/mol. The number of hydrogen-bond donors (Lipinski definition) is 1. The molecule has 0 radical (unpaired) electrons. The second-order valence-corrected chi connectivity index (χ2v) is 4.41. The molecule has 2 aromatic rings. The molecule has 0 atom stereocenters. The molecule has 0 fully saturated rings. The molecule has 1 aromatic heterocycles. The summed E-state index contributed by atoms with van der Waals surface area (Å²) in [6, 6.07) is 9.63. The third-order valence-electron chi connectivity index (χ3n) is 3.02. The number of methoxy groups -OCH3 is 2. The maximum Gasteiger partial charge on any atom is 0.124 e. The van der Waals surface area contributed by atoms with Crippen molar-refractivity contribution in [1.29, 1.82) is 5.26 Å². The predicted molar refractivity (Wildman–Crippen MR) is 77.0 cm³/mol. The quantitative estimate of drug-likeness (QED) is 0.907. The van der Waals surface area contributed by atoms with Gasteiger partial charge in [0.25, 0.3) is 0 Å². The van der Waals surface area contributed by atoms with Gasteiger partial charge in [0.05, 0.1) is 14.2 Å². The topological polar surface area (TPSA) is 59.2 Å². The fraction of sp³-hybridized carbons (Fsp3) is 0.267. The lowest BCUT2D eigenvalue weighted by atomic mass is 10.2. The highest BCUT2D eigenvalue weighted by Gasteiger charge is 2.04. The molecule has 0 aliphatic carbocycles. The Morgan fingerprint density at radius 3 is 2.30 bits per heavy atom. The Bertz CT molecular complexity index is 619. The van der Waals surface area contributed by atoms with Gasteiger partial charge in [0.2, 0.25) is 0 Å². The lowest BCUT2D eigenvalue weighted by Crippen LogP contribution is -1.99. The van der Waals surface area contributed by atoms with E-state index >= 15 is 0 Å². The first kappa shape index (κ1) is 13.8. The minimum Gasteiger partial charge on any atom is -0.497 e. The molecule has 5 nitrogen and oxygen atoms in total. The molecule has 0 unspecified atom stereocenters. The number of nitriles is 1. The van der Waals surface area contributed by atoms with Crippen LogP contribution in [0.5, 0.6) is 11.5 Å². The maximum atomic E-state index is 8.93. The van der Waals surface area contributed by atoms with Crippen LogP contribution in [0, 0.1) is 11.3 Å². The first-order valence-electron chi connectivity index (χ1n) is 6.18. The van der Waals surface area contributed by atoms with Crippen molar-refractivity contribution in [3.8, 4) is 17.6 Å². The smallest absolute Gasteiger partial charge is 0.124 e. The number of aromatic nitrogens is 1. The van der Waals surface area contributed by atoms with E-state index in [4.69, 9.17) is 14.7 Å². The van der Waals surface area contributed by atoms with Crippen LogP contribution in [0.4, 0.5) is 5.69 Å². The standard InChI is InChI=1S/C15H17N3O2/c1-18-10-11(4-13(18)8-16)9-17-12-5-14(19-2)7-15(6-12)20-3/h4-7,10,17H,9H2,1-3H3. The van der Waals surface area contributed by atoms with Gasteiger partial charge in [-0.2, -0.15) is 5.26 Å². The summed E-state index contributed by atoms with van der Waals surface area (Å²) in [6.45, 7) is 0.631. The minimum absolute atomic E-state index is 0.631. The largest absolute Gasteiger partial charge is 0.497 e. The summed E-state index contributed by atoms with van der Waals surface area (Å²) in [7, 11) is 5.10. The molecule has 0 bridgehead atoms. The number of nitrogens with one attached hydrogen (secondary N) is 1. The highest BCUT2D eigenvalue weighted by molar-refractivity contribution is 5.54. The molecule has 0 amide bonds. The van der Waals surface area contributed by atoms with Gasteiger partial charge in [-0.15, -0.1) is 0 Å². The summed E-state index contributed by atoms with van der Waals surface area (Å²) >= 11 is 0. The van der Waals surface area contributed by atoms with E-state index in [-0.39, 0.29) is 0 Å². The van der Waals surface area contributed by atoms with Crippen LogP contribution >= 0.6 is 0 Å². The lowest BCUT2D eigenvalue weighted by molar-refractivity contribution is 0.394. The molecule has 0 aliphatic rings. The van der Waals surface area contributed by atoms with Crippen molar-refractivity contribution in [3.05, 3.63) is 41.7 Å². The highest BCUT2D eigenvalue weighted by atomic mass is 16.5. The normalized spacial score (nSPS) is 9.90. The van der Waals surface area contributed by atoms with E-state index < -0.39 is 0 Å². The van der Waals surface area contributed by atoms with E-state index in [1.165, 1.54) is 0 Å². The van der Waals surface area contributed by atoms with E-state index in [1.807, 2.05) is 42.1 Å². The molecular formula is C15H17N3O2. The van der Waals surface area contributed by atoms with Crippen molar-refractivity contribution in [2.45, 2.75) is 6.54 Å². The van der Waals surface area contributed by atoms with Gasteiger partial charge in [0.1, 0.15) is 23.3 Å². The molecule has 1 heterocycles. The van der Waals surface area contributed by atoms with E-state index in [9.17, 15) is 0 Å². The van der Waals surface area contributed by atoms with Crippen molar-refractivity contribution in [2.24, 2.45) is 7.05 Å². The molecule has 0 saturated carbocycles. The third kappa shape index (κ3) is 3.04. The van der Waals surface area contributed by atoms with Crippen LogP contribution in [0.25, 0.3) is 0 Å². The minimum atomic E-state index is 0.631. The number of hydrogen-bond acceptors (Lipinski definition) is 4. The molecule has 5 heteroatoms. The molecule has 20 heavy (non-hydrogen) atoms. The van der Waals surface area contributed by atoms with Gasteiger partial charge in [-0.05, 0) is 11.6 Å². The van der Waals surface area contributed by atoms with Gasteiger partial charge in [0, 0.05) is 43.7 Å². The van der Waals surface area contributed by atoms with Crippen LogP contribution in [0.1, 0.15) is 11.3 Å². The van der Waals surface area contributed by atoms with E-state index in [0.29, 0.717) is 12.2 Å². The fourth-order valence-corrected chi connectivity index (χ4v) is 1.95. The Labute approximate surface area is 118 Å². The van der Waals surface area contributed by atoms with Gasteiger partial charge < -0.3 is 19.4 Å². The van der Waals surface area contributed by atoms with Crippen LogP contribution in [-0.4, -0.2) is 18.8 Å². The van der Waals surface area contributed by atoms with Crippen molar-refractivity contribution >= 4 is 5.69 Å². The average molecular weight is 271 g/mol. The lowest BCUT2D eigenvalue weighted by Gasteiger charge is -2.10. The summed E-state index contributed by atoms with van der Waals surface area (Å²) in [4.78, 5) is 0. The summed E-state index contributed by atoms with van der Waals surface area (Å²) in [5.74, 6) is 1.47. The highest BCUT2D eigenvalue weighted by Crippen LogP contribution is 2.26. The van der Waals surface area contributed by atoms with Crippen molar-refractivity contribution in [2.75, 3.05) is 19.5 Å². The Balaban J connectivity index is 2.12. The number of nitrogens with zero attached hydrogens (tertiary/aromatic N) is 2. The van der Waals surface area contributed by atoms with Crippen LogP contribution in [0.2, 0.25) is 0 Å². The summed E-state index contributed by atoms with van der Waals surface area (Å²) in [6.07, 6.45) is 1.93. The molecule has 104 valence electrons. The Morgan fingerprint density at radius 2 is 1.80 bits per heavy atom. The molecular weight excluding hydrogens is 254 g/mol. The predicted octanol–water partition coefficient (Wildman–Crippen LogP) is 2.53. The van der Waals surface area contributed by atoms with Gasteiger partial charge in [-0.25, -0.2) is 0 Å². The average Bonchev–Trinajstić information content (AvgIpc) is 2.84. The van der Waals surface area contributed by atoms with Crippen LogP contribution < -0.4 is 14.8 Å². The number of aryl methyl sites for hydroxylation is 1. The van der Waals surface area contributed by atoms with Crippen molar-refractivity contribution in [3.63, 3.8) is 0 Å². The Hall–Kier alpha value is -2.61. The second-order valence-electron chi connectivity index (χ2n) is 4.41. The van der Waals surface area contributed by atoms with Crippen LogP contribution in [0.3, 0.4) is 0 Å². The summed E-state index contributed by atoms with van der Waals surface area (Å²) in [5.41, 5.74) is 2.60. The zero-order valence-electron chi connectivity index (χ0n) is 11.8. The van der Waals surface area contributed by atoms with E-state index in [0.717, 1.165) is 22.7 Å². The van der Waals surface area contributed by atoms with Crippen LogP contribution in [0.15, 0.2) is 30.5 Å². The van der Waals surface area contributed by atoms with E-state index in [2.05, 4.69) is 11.4 Å². The van der Waals surface area contributed by atoms with Crippen molar-refractivity contribution < 1.29 is 9.47 Å². The van der Waals surface area contributed by atoms with Gasteiger partial charge >= 0.3 is 0 Å². The molecule has 1 aromatic carbocycles. The van der Waals surface area contributed by atoms with Gasteiger partial charge in [0.15, 0.2) is 0 Å². The van der Waals surface area contributed by atoms with Gasteiger partial charge in [-0.1, -0.05) is 0 Å². The molecule has 0 spiro atoms. The van der Waals surface area contributed by atoms with Crippen molar-refractivity contribution in [1.82, 2.24) is 4.57 Å².